The van der Waals surface area contributed by atoms with Crippen molar-refractivity contribution >= 4 is 5.91 Å². The number of benzene rings is 1. The van der Waals surface area contributed by atoms with Gasteiger partial charge in [-0.25, -0.2) is 8.78 Å². The molecule has 0 N–H and O–H groups in total. The summed E-state index contributed by atoms with van der Waals surface area (Å²) in [6.45, 7) is 7.26. The van der Waals surface area contributed by atoms with Gasteiger partial charge in [-0.3, -0.25) is 14.4 Å². The minimum absolute atomic E-state index is 0.0196. The van der Waals surface area contributed by atoms with Gasteiger partial charge in [0.25, 0.3) is 5.91 Å². The number of nitrogens with zero attached hydrogens (tertiary/aromatic N) is 4. The summed E-state index contributed by atoms with van der Waals surface area (Å²) >= 11 is 0. The Balaban J connectivity index is 1.60. The Labute approximate surface area is 145 Å². The zero-order valence-electron chi connectivity index (χ0n) is 14.5. The Morgan fingerprint density at radius 3 is 2.56 bits per heavy atom. The van der Waals surface area contributed by atoms with Gasteiger partial charge in [0.05, 0.1) is 11.3 Å². The fourth-order valence-electron chi connectivity index (χ4n) is 3.08. The van der Waals surface area contributed by atoms with Gasteiger partial charge in [0.1, 0.15) is 0 Å². The molecular weight excluding hydrogens is 326 g/mol. The van der Waals surface area contributed by atoms with Crippen molar-refractivity contribution in [2.24, 2.45) is 0 Å². The molecule has 25 heavy (non-hydrogen) atoms. The van der Waals surface area contributed by atoms with Crippen LogP contribution in [-0.2, 0) is 13.1 Å². The number of hydrogen-bond acceptors (Lipinski definition) is 3. The summed E-state index contributed by atoms with van der Waals surface area (Å²) < 4.78 is 28.8. The van der Waals surface area contributed by atoms with Crippen LogP contribution in [0, 0.1) is 18.6 Å². The summed E-state index contributed by atoms with van der Waals surface area (Å²) in [7, 11) is 0. The standard InChI is InChI=1S/C18H22F2N4O/c1-3-24-12-15(13(2)21-24)18(25)23-9-7-22(8-10-23)11-14-5-4-6-16(19)17(14)20/h4-6,12H,3,7-11H2,1-2H3. The molecule has 5 nitrogen and oxygen atoms in total. The third kappa shape index (κ3) is 3.71. The average molecular weight is 348 g/mol. The predicted molar refractivity (Wildman–Crippen MR) is 90.2 cm³/mol. The number of rotatable bonds is 4. The van der Waals surface area contributed by atoms with Crippen molar-refractivity contribution in [3.63, 3.8) is 0 Å². The molecule has 1 aromatic carbocycles. The molecule has 134 valence electrons. The quantitative estimate of drug-likeness (QED) is 0.852. The molecule has 1 fully saturated rings. The molecule has 1 aliphatic heterocycles. The molecule has 3 rings (SSSR count). The molecule has 0 atom stereocenters. The Hall–Kier alpha value is -2.28. The second-order valence-corrected chi connectivity index (χ2v) is 6.27. The smallest absolute Gasteiger partial charge is 0.257 e. The van der Waals surface area contributed by atoms with Crippen LogP contribution in [0.3, 0.4) is 0 Å². The third-order valence-corrected chi connectivity index (χ3v) is 4.59. The van der Waals surface area contributed by atoms with Gasteiger partial charge in [-0.1, -0.05) is 12.1 Å². The molecule has 1 aromatic heterocycles. The highest BCUT2D eigenvalue weighted by Gasteiger charge is 2.25. The summed E-state index contributed by atoms with van der Waals surface area (Å²) in [6.07, 6.45) is 1.78. The van der Waals surface area contributed by atoms with Gasteiger partial charge in [0, 0.05) is 51.0 Å². The fourth-order valence-corrected chi connectivity index (χ4v) is 3.08. The van der Waals surface area contributed by atoms with Crippen molar-refractivity contribution < 1.29 is 13.6 Å². The van der Waals surface area contributed by atoms with Crippen molar-refractivity contribution in [2.45, 2.75) is 26.9 Å². The van der Waals surface area contributed by atoms with Gasteiger partial charge in [-0.15, -0.1) is 0 Å². The molecule has 7 heteroatoms. The van der Waals surface area contributed by atoms with Crippen molar-refractivity contribution in [3.05, 3.63) is 52.9 Å². The first-order chi connectivity index (χ1) is 12.0. The minimum Gasteiger partial charge on any atom is -0.336 e. The Kier molecular flexibility index (Phi) is 5.13. The zero-order chi connectivity index (χ0) is 18.0. The number of carbonyl (C=O) groups excluding carboxylic acids is 1. The highest BCUT2D eigenvalue weighted by molar-refractivity contribution is 5.95. The molecule has 1 saturated heterocycles. The van der Waals surface area contributed by atoms with Crippen LogP contribution < -0.4 is 0 Å². The van der Waals surface area contributed by atoms with Gasteiger partial charge in [-0.2, -0.15) is 5.10 Å². The molecule has 0 bridgehead atoms. The normalized spacial score (nSPS) is 15.6. The molecule has 1 amide bonds. The molecular formula is C18H22F2N4O. The lowest BCUT2D eigenvalue weighted by Gasteiger charge is -2.34. The highest BCUT2D eigenvalue weighted by atomic mass is 19.2. The van der Waals surface area contributed by atoms with E-state index in [2.05, 4.69) is 5.10 Å². The minimum atomic E-state index is -0.824. The number of carbonyl (C=O) groups is 1. The lowest BCUT2D eigenvalue weighted by molar-refractivity contribution is 0.0626. The third-order valence-electron chi connectivity index (χ3n) is 4.59. The van der Waals surface area contributed by atoms with Crippen molar-refractivity contribution in [3.8, 4) is 0 Å². The summed E-state index contributed by atoms with van der Waals surface area (Å²) in [6, 6.07) is 4.23. The number of amides is 1. The van der Waals surface area contributed by atoms with Gasteiger partial charge in [0.2, 0.25) is 0 Å². The van der Waals surface area contributed by atoms with E-state index >= 15 is 0 Å². The molecule has 0 aliphatic carbocycles. The van der Waals surface area contributed by atoms with Crippen LogP contribution >= 0.6 is 0 Å². The highest BCUT2D eigenvalue weighted by Crippen LogP contribution is 2.16. The Morgan fingerprint density at radius 1 is 1.20 bits per heavy atom. The van der Waals surface area contributed by atoms with E-state index in [1.165, 1.54) is 6.07 Å². The monoisotopic (exact) mass is 348 g/mol. The van der Waals surface area contributed by atoms with E-state index in [4.69, 9.17) is 0 Å². The Morgan fingerprint density at radius 2 is 1.92 bits per heavy atom. The molecule has 0 saturated carbocycles. The summed E-state index contributed by atoms with van der Waals surface area (Å²) in [5.74, 6) is -1.63. The molecule has 2 aromatic rings. The van der Waals surface area contributed by atoms with E-state index in [9.17, 15) is 13.6 Å². The van der Waals surface area contributed by atoms with E-state index in [0.29, 0.717) is 43.9 Å². The summed E-state index contributed by atoms with van der Waals surface area (Å²) in [5, 5.41) is 4.32. The van der Waals surface area contributed by atoms with Crippen LogP contribution in [0.25, 0.3) is 0 Å². The van der Waals surface area contributed by atoms with Crippen LogP contribution in [-0.4, -0.2) is 51.7 Å². The van der Waals surface area contributed by atoms with Crippen LogP contribution in [0.4, 0.5) is 8.78 Å². The first-order valence-corrected chi connectivity index (χ1v) is 8.48. The lowest BCUT2D eigenvalue weighted by Crippen LogP contribution is -2.48. The zero-order valence-corrected chi connectivity index (χ0v) is 14.5. The van der Waals surface area contributed by atoms with Crippen LogP contribution in [0.1, 0.15) is 28.5 Å². The Bertz CT molecular complexity index is 766. The fraction of sp³-hybridized carbons (Fsp3) is 0.444. The molecule has 1 aliphatic rings. The number of aromatic nitrogens is 2. The first kappa shape index (κ1) is 17.5. The van der Waals surface area contributed by atoms with Crippen molar-refractivity contribution in [1.82, 2.24) is 19.6 Å². The average Bonchev–Trinajstić information content (AvgIpc) is 3.00. The van der Waals surface area contributed by atoms with Crippen molar-refractivity contribution in [2.75, 3.05) is 26.2 Å². The van der Waals surface area contributed by atoms with E-state index < -0.39 is 11.6 Å². The van der Waals surface area contributed by atoms with Gasteiger partial charge in [0.15, 0.2) is 11.6 Å². The number of halogens is 2. The van der Waals surface area contributed by atoms with E-state index in [-0.39, 0.29) is 5.91 Å². The largest absolute Gasteiger partial charge is 0.336 e. The van der Waals surface area contributed by atoms with Crippen LogP contribution in [0.2, 0.25) is 0 Å². The summed E-state index contributed by atoms with van der Waals surface area (Å²) in [5.41, 5.74) is 1.71. The van der Waals surface area contributed by atoms with Gasteiger partial charge >= 0.3 is 0 Å². The maximum atomic E-state index is 13.8. The maximum Gasteiger partial charge on any atom is 0.257 e. The first-order valence-electron chi connectivity index (χ1n) is 8.48. The second-order valence-electron chi connectivity index (χ2n) is 6.27. The lowest BCUT2D eigenvalue weighted by atomic mass is 10.1. The van der Waals surface area contributed by atoms with E-state index in [1.54, 1.807) is 21.8 Å². The molecule has 2 heterocycles. The van der Waals surface area contributed by atoms with Gasteiger partial charge in [-0.05, 0) is 19.9 Å². The summed E-state index contributed by atoms with van der Waals surface area (Å²) in [4.78, 5) is 16.5. The number of aryl methyl sites for hydroxylation is 2. The molecule has 0 unspecified atom stereocenters. The number of hydrogen-bond donors (Lipinski definition) is 0. The van der Waals surface area contributed by atoms with Crippen LogP contribution in [0.15, 0.2) is 24.4 Å². The van der Waals surface area contributed by atoms with Gasteiger partial charge < -0.3 is 4.90 Å². The maximum absolute atomic E-state index is 13.8. The van der Waals surface area contributed by atoms with Crippen molar-refractivity contribution in [1.29, 1.82) is 0 Å². The predicted octanol–water partition coefficient (Wildman–Crippen LogP) is 2.45. The molecule has 0 radical (unpaired) electrons. The second kappa shape index (κ2) is 7.31. The molecule has 0 spiro atoms. The SMILES string of the molecule is CCn1cc(C(=O)N2CCN(Cc3cccc(F)c3F)CC2)c(C)n1. The van der Waals surface area contributed by atoms with E-state index in [0.717, 1.165) is 18.3 Å². The topological polar surface area (TPSA) is 41.4 Å². The van der Waals surface area contributed by atoms with Crippen LogP contribution in [0.5, 0.6) is 0 Å². The number of piperazine rings is 1. The van der Waals surface area contributed by atoms with E-state index in [1.807, 2.05) is 18.7 Å².